The lowest BCUT2D eigenvalue weighted by Crippen LogP contribution is -2.32. The highest BCUT2D eigenvalue weighted by Crippen LogP contribution is 2.25. The Labute approximate surface area is 178 Å². The van der Waals surface area contributed by atoms with E-state index in [4.69, 9.17) is 9.47 Å². The maximum Gasteiger partial charge on any atom is 0.349 e. The molecule has 1 atom stereocenters. The van der Waals surface area contributed by atoms with Crippen molar-refractivity contribution in [1.82, 2.24) is 9.66 Å². The number of aromatic amines is 1. The van der Waals surface area contributed by atoms with E-state index in [1.165, 1.54) is 6.21 Å². The van der Waals surface area contributed by atoms with Crippen LogP contribution in [0.25, 0.3) is 10.9 Å². The van der Waals surface area contributed by atoms with Gasteiger partial charge in [0, 0.05) is 31.4 Å². The van der Waals surface area contributed by atoms with Crippen LogP contribution in [0.3, 0.4) is 0 Å². The number of nitrogens with zero attached hydrogens (tertiary/aromatic N) is 3. The number of hydrogen-bond donors (Lipinski definition) is 1. The van der Waals surface area contributed by atoms with Gasteiger partial charge in [-0.1, -0.05) is 12.1 Å². The maximum absolute atomic E-state index is 12.7. The summed E-state index contributed by atoms with van der Waals surface area (Å²) in [6.45, 7) is 3.54. The van der Waals surface area contributed by atoms with E-state index < -0.39 is 23.3 Å². The van der Waals surface area contributed by atoms with Gasteiger partial charge in [0.25, 0.3) is 5.56 Å². The van der Waals surface area contributed by atoms with Gasteiger partial charge in [-0.15, -0.1) is 4.68 Å². The van der Waals surface area contributed by atoms with Crippen LogP contribution in [-0.4, -0.2) is 48.7 Å². The Kier molecular flexibility index (Phi) is 6.54. The van der Waals surface area contributed by atoms with Crippen LogP contribution in [0.2, 0.25) is 0 Å². The minimum Gasteiger partial charge on any atom is -0.478 e. The number of H-pyrrole nitrogens is 1. The molecule has 0 aliphatic rings. The molecule has 0 saturated carbocycles. The van der Waals surface area contributed by atoms with Gasteiger partial charge in [-0.2, -0.15) is 5.10 Å². The van der Waals surface area contributed by atoms with Gasteiger partial charge in [0.15, 0.2) is 6.10 Å². The normalized spacial score (nSPS) is 12.1. The molecule has 0 radical (unpaired) electrons. The topological polar surface area (TPSA) is 106 Å². The molecule has 0 amide bonds. The molecule has 1 heterocycles. The Morgan fingerprint density at radius 1 is 1.23 bits per heavy atom. The van der Waals surface area contributed by atoms with Gasteiger partial charge in [0.1, 0.15) is 5.75 Å². The minimum absolute atomic E-state index is 0.242. The van der Waals surface area contributed by atoms with E-state index in [0.717, 1.165) is 10.4 Å². The minimum atomic E-state index is -0.851. The van der Waals surface area contributed by atoms with Crippen molar-refractivity contribution >= 4 is 28.8 Å². The molecule has 3 aromatic rings. The zero-order chi connectivity index (χ0) is 22.5. The molecule has 0 unspecified atom stereocenters. The van der Waals surface area contributed by atoms with Gasteiger partial charge in [0.05, 0.1) is 23.7 Å². The van der Waals surface area contributed by atoms with Gasteiger partial charge in [-0.05, 0) is 38.1 Å². The smallest absolute Gasteiger partial charge is 0.349 e. The van der Waals surface area contributed by atoms with Gasteiger partial charge in [-0.25, -0.2) is 9.59 Å². The number of carbonyl (C=O) groups is 1. The van der Waals surface area contributed by atoms with Crippen molar-refractivity contribution in [1.29, 1.82) is 0 Å². The second-order valence-electron chi connectivity index (χ2n) is 6.97. The van der Waals surface area contributed by atoms with Crippen molar-refractivity contribution in [3.05, 3.63) is 68.9 Å². The van der Waals surface area contributed by atoms with E-state index in [9.17, 15) is 14.4 Å². The highest BCUT2D eigenvalue weighted by atomic mass is 16.6. The number of nitrogens with one attached hydrogen (secondary N) is 1. The van der Waals surface area contributed by atoms with Crippen LogP contribution in [0.15, 0.2) is 57.2 Å². The van der Waals surface area contributed by atoms with E-state index in [1.807, 2.05) is 25.1 Å². The first-order valence-electron chi connectivity index (χ1n) is 9.75. The second kappa shape index (κ2) is 9.29. The lowest BCUT2D eigenvalue weighted by atomic mass is 10.2. The zero-order valence-corrected chi connectivity index (χ0v) is 17.8. The molecule has 0 aliphatic carbocycles. The lowest BCUT2D eigenvalue weighted by molar-refractivity contribution is -0.150. The molecule has 0 aliphatic heterocycles. The van der Waals surface area contributed by atoms with E-state index in [0.29, 0.717) is 22.2 Å². The monoisotopic (exact) mass is 424 g/mol. The number of benzene rings is 2. The van der Waals surface area contributed by atoms with Crippen LogP contribution in [0.4, 0.5) is 5.69 Å². The summed E-state index contributed by atoms with van der Waals surface area (Å²) in [5.41, 5.74) is 0.562. The van der Waals surface area contributed by atoms with Crippen LogP contribution in [0, 0.1) is 0 Å². The molecule has 0 saturated heterocycles. The van der Waals surface area contributed by atoms with Crippen LogP contribution in [0.1, 0.15) is 19.4 Å². The van der Waals surface area contributed by atoms with Crippen molar-refractivity contribution in [2.45, 2.75) is 20.0 Å². The number of esters is 1. The predicted molar refractivity (Wildman–Crippen MR) is 119 cm³/mol. The second-order valence-corrected chi connectivity index (χ2v) is 6.97. The average molecular weight is 424 g/mol. The maximum atomic E-state index is 12.7. The third kappa shape index (κ3) is 4.82. The molecule has 0 bridgehead atoms. The van der Waals surface area contributed by atoms with Crippen LogP contribution < -0.4 is 20.9 Å². The van der Waals surface area contributed by atoms with Crippen LogP contribution in [-0.2, 0) is 9.53 Å². The van der Waals surface area contributed by atoms with Crippen molar-refractivity contribution in [3.63, 3.8) is 0 Å². The molecule has 2 aromatic carbocycles. The number of aromatic nitrogens is 2. The molecule has 0 spiro atoms. The summed E-state index contributed by atoms with van der Waals surface area (Å²) in [6, 6.07) is 12.0. The quantitative estimate of drug-likeness (QED) is 0.459. The third-order valence-corrected chi connectivity index (χ3v) is 4.53. The van der Waals surface area contributed by atoms with E-state index in [-0.39, 0.29) is 6.61 Å². The third-order valence-electron chi connectivity index (χ3n) is 4.53. The molecule has 3 rings (SSSR count). The summed E-state index contributed by atoms with van der Waals surface area (Å²) in [5, 5.41) is 4.42. The van der Waals surface area contributed by atoms with E-state index >= 15 is 0 Å². The summed E-state index contributed by atoms with van der Waals surface area (Å²) < 4.78 is 11.6. The van der Waals surface area contributed by atoms with E-state index in [1.54, 1.807) is 50.2 Å². The zero-order valence-electron chi connectivity index (χ0n) is 17.8. The molecule has 31 heavy (non-hydrogen) atoms. The molecule has 0 fully saturated rings. The molecule has 1 aromatic heterocycles. The summed E-state index contributed by atoms with van der Waals surface area (Å²) in [5.74, 6) is -0.136. The fourth-order valence-corrected chi connectivity index (χ4v) is 2.89. The Hall–Kier alpha value is -3.88. The molecule has 9 heteroatoms. The summed E-state index contributed by atoms with van der Waals surface area (Å²) in [7, 11) is 3.74. The van der Waals surface area contributed by atoms with Crippen LogP contribution in [0.5, 0.6) is 5.75 Å². The Bertz CT molecular complexity index is 1240. The van der Waals surface area contributed by atoms with E-state index in [2.05, 4.69) is 10.1 Å². The van der Waals surface area contributed by atoms with Gasteiger partial charge in [0.2, 0.25) is 0 Å². The molecular formula is C22H24N4O5. The molecule has 162 valence electrons. The molecule has 9 nitrogen and oxygen atoms in total. The van der Waals surface area contributed by atoms with Crippen molar-refractivity contribution in [2.75, 3.05) is 25.6 Å². The fourth-order valence-electron chi connectivity index (χ4n) is 2.89. The first-order chi connectivity index (χ1) is 14.8. The first-order valence-corrected chi connectivity index (χ1v) is 9.75. The lowest BCUT2D eigenvalue weighted by Gasteiger charge is -2.18. The largest absolute Gasteiger partial charge is 0.478 e. The number of ether oxygens (including phenoxy) is 2. The Morgan fingerprint density at radius 2 is 1.97 bits per heavy atom. The fraction of sp³-hybridized carbons (Fsp3) is 0.273. The van der Waals surface area contributed by atoms with Gasteiger partial charge >= 0.3 is 11.7 Å². The first kappa shape index (κ1) is 21.8. The predicted octanol–water partition coefficient (Wildman–Crippen LogP) is 1.97. The number of anilines is 1. The average Bonchev–Trinajstić information content (AvgIpc) is 2.74. The van der Waals surface area contributed by atoms with Gasteiger partial charge in [-0.3, -0.25) is 4.79 Å². The number of fused-ring (bicyclic) bond motifs is 1. The van der Waals surface area contributed by atoms with Crippen molar-refractivity contribution < 1.29 is 14.3 Å². The highest BCUT2D eigenvalue weighted by molar-refractivity contribution is 5.85. The summed E-state index contributed by atoms with van der Waals surface area (Å²) in [4.78, 5) is 41.5. The molecular weight excluding hydrogens is 400 g/mol. The summed E-state index contributed by atoms with van der Waals surface area (Å²) >= 11 is 0. The Balaban J connectivity index is 2.02. The Morgan fingerprint density at radius 3 is 2.68 bits per heavy atom. The number of para-hydroxylation sites is 1. The number of hydrogen-bond acceptors (Lipinski definition) is 7. The summed E-state index contributed by atoms with van der Waals surface area (Å²) in [6.07, 6.45) is 0.495. The highest BCUT2D eigenvalue weighted by Gasteiger charge is 2.18. The van der Waals surface area contributed by atoms with Crippen molar-refractivity contribution in [2.24, 2.45) is 5.10 Å². The van der Waals surface area contributed by atoms with Crippen LogP contribution >= 0.6 is 0 Å². The number of carbonyl (C=O) groups excluding carboxylic acids is 1. The van der Waals surface area contributed by atoms with Gasteiger partial charge < -0.3 is 19.4 Å². The number of rotatable bonds is 7. The van der Waals surface area contributed by atoms with Crippen molar-refractivity contribution in [3.8, 4) is 5.75 Å². The standard InChI is InChI=1S/C22H24N4O5/c1-5-30-21(28)14(2)31-19-12-16(25(3)4)11-10-15(19)13-23-26-20(27)17-8-6-7-9-18(17)24-22(26)29/h6-14H,5H2,1-4H3,(H,24,29)/t14-/m0/s1. The molecule has 1 N–H and O–H groups in total. The SMILES string of the molecule is CCOC(=O)[C@H](C)Oc1cc(N(C)C)ccc1C=Nn1c(=O)[nH]c2ccccc2c1=O.